The third-order valence-electron chi connectivity index (χ3n) is 2.66. The van der Waals surface area contributed by atoms with E-state index in [0.29, 0.717) is 0 Å². The van der Waals surface area contributed by atoms with Gasteiger partial charge in [-0.25, -0.2) is 0 Å². The Morgan fingerprint density at radius 1 is 1.37 bits per heavy atom. The maximum atomic E-state index is 12.0. The molecule has 19 heavy (non-hydrogen) atoms. The average Bonchev–Trinajstić information content (AvgIpc) is 2.37. The second kappa shape index (κ2) is 7.34. The van der Waals surface area contributed by atoms with E-state index in [4.69, 9.17) is 0 Å². The summed E-state index contributed by atoms with van der Waals surface area (Å²) in [5, 5.41) is 0.799. The Morgan fingerprint density at radius 3 is 2.47 bits per heavy atom. The van der Waals surface area contributed by atoms with Gasteiger partial charge in [0.05, 0.1) is 5.70 Å². The fourth-order valence-electron chi connectivity index (χ4n) is 1.72. The largest absolute Gasteiger partial charge is 0.274 e. The minimum Gasteiger partial charge on any atom is -0.274 e. The summed E-state index contributed by atoms with van der Waals surface area (Å²) < 4.78 is 0. The van der Waals surface area contributed by atoms with E-state index in [1.54, 1.807) is 29.7 Å². The van der Waals surface area contributed by atoms with Crippen LogP contribution in [0, 0.1) is 0 Å². The minimum absolute atomic E-state index is 0.0122. The topological polar surface area (TPSA) is 32.7 Å². The van der Waals surface area contributed by atoms with Gasteiger partial charge in [-0.15, -0.1) is 0 Å². The van der Waals surface area contributed by atoms with Crippen LogP contribution >= 0.6 is 11.8 Å². The van der Waals surface area contributed by atoms with E-state index in [2.05, 4.69) is 11.6 Å². The lowest BCUT2D eigenvalue weighted by molar-refractivity contribution is -0.123. The monoisotopic (exact) mass is 278 g/mol. The number of carbonyl (C=O) groups is 1. The van der Waals surface area contributed by atoms with Gasteiger partial charge in [0, 0.05) is 19.2 Å². The van der Waals surface area contributed by atoms with E-state index in [9.17, 15) is 4.79 Å². The van der Waals surface area contributed by atoms with Gasteiger partial charge in [0.15, 0.2) is 5.17 Å². The van der Waals surface area contributed by atoms with Crippen molar-refractivity contribution in [2.75, 3.05) is 12.3 Å². The normalized spacial score (nSPS) is 16.1. The van der Waals surface area contributed by atoms with Crippen molar-refractivity contribution in [1.82, 2.24) is 4.90 Å². The molecule has 0 aliphatic carbocycles. The minimum atomic E-state index is -0.0122. The summed E-state index contributed by atoms with van der Waals surface area (Å²) in [7, 11) is 0. The molecule has 1 amide bonds. The summed E-state index contributed by atoms with van der Waals surface area (Å²) in [5.74, 6) is 1.000. The Morgan fingerprint density at radius 2 is 2.05 bits per heavy atom. The molecule has 0 radical (unpaired) electrons. The van der Waals surface area contributed by atoms with Crippen LogP contribution in [0.1, 0.15) is 34.1 Å². The second-order valence-electron chi connectivity index (χ2n) is 4.71. The maximum absolute atomic E-state index is 12.0. The average molecular weight is 278 g/mol. The van der Waals surface area contributed by atoms with Crippen molar-refractivity contribution in [2.24, 2.45) is 4.99 Å². The summed E-state index contributed by atoms with van der Waals surface area (Å²) in [4.78, 5) is 18.2. The van der Waals surface area contributed by atoms with E-state index in [1.807, 2.05) is 26.8 Å². The molecule has 0 aromatic carbocycles. The molecule has 0 bridgehead atoms. The van der Waals surface area contributed by atoms with Crippen LogP contribution in [0.2, 0.25) is 0 Å². The van der Waals surface area contributed by atoms with Crippen LogP contribution in [0.3, 0.4) is 0 Å². The van der Waals surface area contributed by atoms with Crippen LogP contribution in [-0.4, -0.2) is 28.3 Å². The highest BCUT2D eigenvalue weighted by atomic mass is 32.2. The van der Waals surface area contributed by atoms with Crippen molar-refractivity contribution in [1.29, 1.82) is 0 Å². The first-order chi connectivity index (χ1) is 8.97. The second-order valence-corrected chi connectivity index (χ2v) is 5.78. The summed E-state index contributed by atoms with van der Waals surface area (Å²) in [6, 6.07) is 0. The number of aliphatic imine (C=N–C) groups is 1. The van der Waals surface area contributed by atoms with Gasteiger partial charge < -0.3 is 0 Å². The standard InChI is InChI=1S/C15H22N2OS/c1-6-12(4)14(10-11(2)3)17(13(5)18)15-16-8-7-9-19-15/h6,10H,1,7-9H2,2-5H3/b14-12+. The molecule has 0 N–H and O–H groups in total. The Bertz CT molecular complexity index is 457. The highest BCUT2D eigenvalue weighted by Crippen LogP contribution is 2.23. The van der Waals surface area contributed by atoms with Crippen molar-refractivity contribution >= 4 is 22.8 Å². The number of hydrogen-bond acceptors (Lipinski definition) is 3. The SMILES string of the molecule is C=C/C(C)=C(\C=C(C)C)N(C(C)=O)C1=NCCCS1. The number of nitrogens with zero attached hydrogens (tertiary/aromatic N) is 2. The van der Waals surface area contributed by atoms with Gasteiger partial charge in [0.2, 0.25) is 5.91 Å². The zero-order valence-electron chi connectivity index (χ0n) is 12.2. The summed E-state index contributed by atoms with van der Waals surface area (Å²) in [6.45, 7) is 12.2. The summed E-state index contributed by atoms with van der Waals surface area (Å²) in [6.07, 6.45) is 4.86. The number of thioether (sulfide) groups is 1. The molecule has 0 atom stereocenters. The molecular formula is C15H22N2OS. The van der Waals surface area contributed by atoms with Gasteiger partial charge >= 0.3 is 0 Å². The van der Waals surface area contributed by atoms with Gasteiger partial charge in [0.25, 0.3) is 0 Å². The highest BCUT2D eigenvalue weighted by molar-refractivity contribution is 8.13. The molecule has 0 spiro atoms. The van der Waals surface area contributed by atoms with Crippen LogP contribution < -0.4 is 0 Å². The van der Waals surface area contributed by atoms with E-state index in [0.717, 1.165) is 40.7 Å². The molecule has 0 fully saturated rings. The number of hydrogen-bond donors (Lipinski definition) is 0. The third-order valence-corrected chi connectivity index (χ3v) is 3.73. The fourth-order valence-corrected chi connectivity index (χ4v) is 2.72. The van der Waals surface area contributed by atoms with Gasteiger partial charge in [0.1, 0.15) is 0 Å². The number of amides is 1. The van der Waals surface area contributed by atoms with Crippen molar-refractivity contribution in [2.45, 2.75) is 34.1 Å². The zero-order chi connectivity index (χ0) is 14.4. The van der Waals surface area contributed by atoms with Crippen molar-refractivity contribution in [3.8, 4) is 0 Å². The van der Waals surface area contributed by atoms with Crippen molar-refractivity contribution in [3.63, 3.8) is 0 Å². The van der Waals surface area contributed by atoms with Crippen LogP contribution in [0.5, 0.6) is 0 Å². The molecule has 0 saturated carbocycles. The van der Waals surface area contributed by atoms with Gasteiger partial charge in [-0.05, 0) is 38.8 Å². The lowest BCUT2D eigenvalue weighted by Gasteiger charge is -2.26. The summed E-state index contributed by atoms with van der Waals surface area (Å²) in [5.41, 5.74) is 2.99. The third kappa shape index (κ3) is 4.39. The predicted octanol–water partition coefficient (Wildman–Crippen LogP) is 3.75. The van der Waals surface area contributed by atoms with Crippen molar-refractivity contribution < 1.29 is 4.79 Å². The van der Waals surface area contributed by atoms with E-state index < -0.39 is 0 Å². The number of amidine groups is 1. The number of carbonyl (C=O) groups excluding carboxylic acids is 1. The van der Waals surface area contributed by atoms with Crippen LogP contribution in [0.15, 0.2) is 40.6 Å². The fraction of sp³-hybridized carbons (Fsp3) is 0.467. The Balaban J connectivity index is 3.28. The molecule has 0 aromatic rings. The molecule has 0 aromatic heterocycles. The zero-order valence-corrected chi connectivity index (χ0v) is 13.0. The first kappa shape index (κ1) is 15.8. The van der Waals surface area contributed by atoms with Gasteiger partial charge in [-0.2, -0.15) is 0 Å². The number of rotatable bonds is 3. The van der Waals surface area contributed by atoms with Crippen LogP contribution in [-0.2, 0) is 4.79 Å². The molecule has 0 saturated heterocycles. The molecular weight excluding hydrogens is 256 g/mol. The lowest BCUT2D eigenvalue weighted by atomic mass is 10.1. The molecule has 3 nitrogen and oxygen atoms in total. The maximum Gasteiger partial charge on any atom is 0.230 e. The van der Waals surface area contributed by atoms with Crippen molar-refractivity contribution in [3.05, 3.63) is 35.6 Å². The molecule has 4 heteroatoms. The van der Waals surface area contributed by atoms with Crippen LogP contribution in [0.25, 0.3) is 0 Å². The molecule has 104 valence electrons. The summed E-state index contributed by atoms with van der Waals surface area (Å²) >= 11 is 1.64. The van der Waals surface area contributed by atoms with Gasteiger partial charge in [-0.3, -0.25) is 14.7 Å². The van der Waals surface area contributed by atoms with Crippen LogP contribution in [0.4, 0.5) is 0 Å². The molecule has 0 unspecified atom stereocenters. The Kier molecular flexibility index (Phi) is 6.09. The van der Waals surface area contributed by atoms with E-state index in [-0.39, 0.29) is 5.91 Å². The lowest BCUT2D eigenvalue weighted by Crippen LogP contribution is -2.34. The first-order valence-electron chi connectivity index (χ1n) is 6.43. The highest BCUT2D eigenvalue weighted by Gasteiger charge is 2.22. The Hall–Kier alpha value is -1.29. The molecule has 1 aliphatic heterocycles. The first-order valence-corrected chi connectivity index (χ1v) is 7.42. The quantitative estimate of drug-likeness (QED) is 0.736. The molecule has 1 aliphatic rings. The van der Waals surface area contributed by atoms with Gasteiger partial charge in [-0.1, -0.05) is 30.0 Å². The molecule has 1 rings (SSSR count). The number of allylic oxidation sites excluding steroid dienone is 4. The van der Waals surface area contributed by atoms with E-state index in [1.165, 1.54) is 0 Å². The predicted molar refractivity (Wildman–Crippen MR) is 84.2 cm³/mol. The Labute approximate surface area is 120 Å². The van der Waals surface area contributed by atoms with E-state index >= 15 is 0 Å². The molecule has 1 heterocycles. The smallest absolute Gasteiger partial charge is 0.230 e.